The maximum atomic E-state index is 13.9. The van der Waals surface area contributed by atoms with Crippen molar-refractivity contribution in [3.63, 3.8) is 0 Å². The number of benzene rings is 2. The summed E-state index contributed by atoms with van der Waals surface area (Å²) in [5, 5.41) is 36.7. The molecule has 0 heterocycles. The van der Waals surface area contributed by atoms with E-state index in [1.54, 1.807) is 0 Å². The Kier molecular flexibility index (Phi) is 15.5. The standard InChI is InChI=1S/C19H9F15O5.C12H6F12O3/c1-3-11(35)38-10-5-8(13(37,16(23,24)25)17(26,27)28)4-9(6-10)14(18(29,30)31,19(32,33)34)39-12(36)7(2)15(20,21)22;13-9(14,15)7(26,10(16,17)18)4-1-5(3-6(25)2-4)8(27,11(19,20)21)12(22,23)24/h3-6,37H,1-2H2;1-3,25-27H. The predicted molar refractivity (Wildman–Crippen MR) is 153 cm³/mol. The van der Waals surface area contributed by atoms with Crippen molar-refractivity contribution in [1.29, 1.82) is 0 Å². The molecule has 2 rings (SSSR count). The normalized spacial score (nSPS) is 14.5. The smallest absolute Gasteiger partial charge is 0.442 e. The molecule has 0 saturated carbocycles. The fraction of sp³-hybridized carbons (Fsp3) is 0.419. The van der Waals surface area contributed by atoms with Crippen LogP contribution in [0.1, 0.15) is 22.3 Å². The van der Waals surface area contributed by atoms with Gasteiger partial charge in [0, 0.05) is 28.3 Å². The molecule has 35 heteroatoms. The molecule has 0 atom stereocenters. The first-order valence-electron chi connectivity index (χ1n) is 15.2. The summed E-state index contributed by atoms with van der Waals surface area (Å²) in [4.78, 5) is 23.0. The number of phenolic OH excluding ortho intramolecular Hbond substituents is 1. The second kappa shape index (κ2) is 17.4. The molecular weight excluding hydrogens is 1010 g/mol. The van der Waals surface area contributed by atoms with Gasteiger partial charge in [-0.2, -0.15) is 119 Å². The number of phenols is 1. The lowest BCUT2D eigenvalue weighted by Crippen LogP contribution is -2.58. The van der Waals surface area contributed by atoms with Gasteiger partial charge in [-0.25, -0.2) is 9.59 Å². The van der Waals surface area contributed by atoms with Gasteiger partial charge in [-0.15, -0.1) is 0 Å². The molecule has 0 radical (unpaired) electrons. The number of rotatable bonds is 8. The summed E-state index contributed by atoms with van der Waals surface area (Å²) in [5.74, 6) is -9.33. The molecule has 0 aliphatic carbocycles. The molecular formula is C31H15F27O8. The highest BCUT2D eigenvalue weighted by molar-refractivity contribution is 5.89. The van der Waals surface area contributed by atoms with Gasteiger partial charge in [0.25, 0.3) is 16.8 Å². The maximum Gasteiger partial charge on any atom is 0.442 e. The number of esters is 2. The van der Waals surface area contributed by atoms with Crippen LogP contribution in [0.2, 0.25) is 0 Å². The van der Waals surface area contributed by atoms with E-state index < -0.39 is 166 Å². The van der Waals surface area contributed by atoms with Crippen LogP contribution in [0.5, 0.6) is 11.5 Å². The summed E-state index contributed by atoms with van der Waals surface area (Å²) in [6.45, 7) is 4.61. The average Bonchev–Trinajstić information content (AvgIpc) is 3.07. The minimum Gasteiger partial charge on any atom is -0.508 e. The van der Waals surface area contributed by atoms with Gasteiger partial charge in [0.2, 0.25) is 0 Å². The van der Waals surface area contributed by atoms with Gasteiger partial charge in [0.15, 0.2) is 0 Å². The number of ether oxygens (including phenoxy) is 2. The Hall–Kier alpha value is -5.35. The first kappa shape index (κ1) is 58.7. The third-order valence-electron chi connectivity index (χ3n) is 7.96. The molecule has 2 aromatic carbocycles. The average molecular weight is 1030 g/mol. The van der Waals surface area contributed by atoms with E-state index in [0.29, 0.717) is 0 Å². The third-order valence-corrected chi connectivity index (χ3v) is 7.96. The van der Waals surface area contributed by atoms with Crippen molar-refractivity contribution >= 4 is 11.9 Å². The summed E-state index contributed by atoms with van der Waals surface area (Å²) in [6, 6.07) is -4.71. The lowest BCUT2D eigenvalue weighted by Gasteiger charge is -2.38. The summed E-state index contributed by atoms with van der Waals surface area (Å²) in [6.07, 6.45) is -60.8. The number of aromatic hydroxyl groups is 1. The largest absolute Gasteiger partial charge is 0.508 e. The van der Waals surface area contributed by atoms with E-state index in [0.717, 1.165) is 0 Å². The molecule has 376 valence electrons. The molecule has 0 fully saturated rings. The fourth-order valence-electron chi connectivity index (χ4n) is 4.70. The van der Waals surface area contributed by atoms with Gasteiger partial charge in [-0.05, 0) is 36.4 Å². The molecule has 0 bridgehead atoms. The van der Waals surface area contributed by atoms with Crippen molar-refractivity contribution in [3.8, 4) is 11.5 Å². The Morgan fingerprint density at radius 3 is 0.985 bits per heavy atom. The van der Waals surface area contributed by atoms with E-state index in [2.05, 4.69) is 16.1 Å². The maximum absolute atomic E-state index is 13.9. The highest BCUT2D eigenvalue weighted by atomic mass is 19.5. The SMILES string of the molecule is C=CC(=O)Oc1cc(C(O)(C(F)(F)F)C(F)(F)F)cc(C(OC(=O)C(=C)C(F)(F)F)(C(F)(F)F)C(F)(F)F)c1.Oc1cc(C(O)(C(F)(F)F)C(F)(F)F)cc(C(O)(C(F)(F)F)C(F)(F)F)c1. The van der Waals surface area contributed by atoms with Crippen molar-refractivity contribution in [2.24, 2.45) is 0 Å². The van der Waals surface area contributed by atoms with Crippen molar-refractivity contribution in [3.05, 3.63) is 83.5 Å². The van der Waals surface area contributed by atoms with Crippen LogP contribution in [0, 0.1) is 0 Å². The van der Waals surface area contributed by atoms with Gasteiger partial charge < -0.3 is 29.9 Å². The van der Waals surface area contributed by atoms with Gasteiger partial charge in [0.05, 0.1) is 0 Å². The van der Waals surface area contributed by atoms with Crippen molar-refractivity contribution in [1.82, 2.24) is 0 Å². The number of carbonyl (C=O) groups is 2. The zero-order chi connectivity index (χ0) is 53.1. The molecule has 0 saturated heterocycles. The molecule has 0 spiro atoms. The Morgan fingerprint density at radius 1 is 0.455 bits per heavy atom. The summed E-state index contributed by atoms with van der Waals surface area (Å²) < 4.78 is 362. The molecule has 0 unspecified atom stereocenters. The van der Waals surface area contributed by atoms with Gasteiger partial charge in [0.1, 0.15) is 17.1 Å². The highest BCUT2D eigenvalue weighted by Gasteiger charge is 2.78. The topological polar surface area (TPSA) is 134 Å². The van der Waals surface area contributed by atoms with Gasteiger partial charge in [-0.1, -0.05) is 13.2 Å². The Morgan fingerprint density at radius 2 is 0.727 bits per heavy atom. The van der Waals surface area contributed by atoms with Crippen LogP contribution in [0.15, 0.2) is 61.2 Å². The molecule has 2 aromatic rings. The van der Waals surface area contributed by atoms with Crippen LogP contribution in [0.4, 0.5) is 119 Å². The number of aliphatic hydroxyl groups is 3. The number of alkyl halides is 27. The molecule has 0 aliphatic heterocycles. The van der Waals surface area contributed by atoms with Crippen LogP contribution in [0.25, 0.3) is 0 Å². The fourth-order valence-corrected chi connectivity index (χ4v) is 4.70. The van der Waals surface area contributed by atoms with E-state index in [-0.39, 0.29) is 6.08 Å². The first-order chi connectivity index (χ1) is 28.7. The Bertz CT molecular complexity index is 2010. The third kappa shape index (κ3) is 10.6. The zero-order valence-corrected chi connectivity index (χ0v) is 30.1. The molecule has 0 amide bonds. The molecule has 4 N–H and O–H groups in total. The van der Waals surface area contributed by atoms with Crippen LogP contribution >= 0.6 is 0 Å². The minimum atomic E-state index is -7.18. The summed E-state index contributed by atoms with van der Waals surface area (Å²) in [7, 11) is 0. The van der Waals surface area contributed by atoms with Crippen molar-refractivity contribution < 1.29 is 158 Å². The second-order valence-electron chi connectivity index (χ2n) is 12.3. The minimum absolute atomic E-state index is 0.0835. The highest BCUT2D eigenvalue weighted by Crippen LogP contribution is 2.58. The zero-order valence-electron chi connectivity index (χ0n) is 30.1. The number of halogens is 27. The summed E-state index contributed by atoms with van der Waals surface area (Å²) in [5.41, 5.74) is -38.7. The number of hydrogen-bond donors (Lipinski definition) is 4. The first-order valence-corrected chi connectivity index (χ1v) is 15.2. The second-order valence-corrected chi connectivity index (χ2v) is 12.3. The van der Waals surface area contributed by atoms with Crippen molar-refractivity contribution in [2.45, 2.75) is 78.0 Å². The van der Waals surface area contributed by atoms with Crippen LogP contribution < -0.4 is 4.74 Å². The number of carbonyl (C=O) groups excluding carboxylic acids is 2. The molecule has 8 nitrogen and oxygen atoms in total. The Labute approximate surface area is 343 Å². The van der Waals surface area contributed by atoms with Gasteiger partial charge >= 0.3 is 73.1 Å². The Balaban J connectivity index is 0.000000705. The van der Waals surface area contributed by atoms with E-state index in [9.17, 15) is 133 Å². The van der Waals surface area contributed by atoms with E-state index in [4.69, 9.17) is 15.3 Å². The number of hydrogen-bond acceptors (Lipinski definition) is 8. The quantitative estimate of drug-likeness (QED) is 0.0890. The van der Waals surface area contributed by atoms with E-state index in [1.807, 2.05) is 6.58 Å². The van der Waals surface area contributed by atoms with Crippen LogP contribution in [-0.4, -0.2) is 88.0 Å². The van der Waals surface area contributed by atoms with Crippen LogP contribution in [-0.2, 0) is 36.7 Å². The monoisotopic (exact) mass is 1030 g/mol. The molecule has 0 aromatic heterocycles. The molecule has 0 aliphatic rings. The van der Waals surface area contributed by atoms with E-state index >= 15 is 0 Å². The lowest BCUT2D eigenvalue weighted by atomic mass is 9.85. The lowest BCUT2D eigenvalue weighted by molar-refractivity contribution is -0.379. The molecule has 66 heavy (non-hydrogen) atoms. The predicted octanol–water partition coefficient (Wildman–Crippen LogP) is 10.1. The van der Waals surface area contributed by atoms with Gasteiger partial charge in [-0.3, -0.25) is 0 Å². The van der Waals surface area contributed by atoms with Crippen molar-refractivity contribution in [2.75, 3.05) is 0 Å². The van der Waals surface area contributed by atoms with E-state index in [1.165, 1.54) is 0 Å². The summed E-state index contributed by atoms with van der Waals surface area (Å²) >= 11 is 0. The van der Waals surface area contributed by atoms with Crippen LogP contribution in [0.3, 0.4) is 0 Å².